The number of ketones is 1. The number of para-hydroxylation sites is 1. The fourth-order valence-electron chi connectivity index (χ4n) is 3.52. The van der Waals surface area contributed by atoms with Crippen molar-refractivity contribution in [1.82, 2.24) is 4.98 Å². The van der Waals surface area contributed by atoms with Crippen molar-refractivity contribution in [1.29, 1.82) is 0 Å². The molecular formula is C19H20N2O5. The average molecular weight is 356 g/mol. The maximum Gasteiger partial charge on any atom is 0.337 e. The molecule has 0 amide bonds. The van der Waals surface area contributed by atoms with Gasteiger partial charge in [-0.15, -0.1) is 0 Å². The van der Waals surface area contributed by atoms with Crippen LogP contribution in [-0.2, 0) is 4.79 Å². The van der Waals surface area contributed by atoms with E-state index in [0.717, 1.165) is 0 Å². The van der Waals surface area contributed by atoms with Crippen molar-refractivity contribution < 1.29 is 24.2 Å². The number of aliphatic carboxylic acids is 1. The second-order valence-corrected chi connectivity index (χ2v) is 6.00. The molecule has 7 heteroatoms. The number of rotatable bonds is 6. The van der Waals surface area contributed by atoms with Crippen molar-refractivity contribution in [2.45, 2.75) is 18.4 Å². The quantitative estimate of drug-likeness (QED) is 0.628. The maximum atomic E-state index is 13.2. The Hall–Kier alpha value is -3.09. The predicted octanol–water partition coefficient (Wildman–Crippen LogP) is 2.41. The molecule has 7 nitrogen and oxygen atoms in total. The second-order valence-electron chi connectivity index (χ2n) is 6.00. The minimum atomic E-state index is -1.71. The van der Waals surface area contributed by atoms with Crippen molar-refractivity contribution in [2.75, 3.05) is 25.7 Å². The third kappa shape index (κ3) is 2.65. The molecule has 1 unspecified atom stereocenters. The molecule has 0 bridgehead atoms. The van der Waals surface area contributed by atoms with Gasteiger partial charge in [0.2, 0.25) is 11.3 Å². The van der Waals surface area contributed by atoms with Gasteiger partial charge >= 0.3 is 5.97 Å². The van der Waals surface area contributed by atoms with Gasteiger partial charge in [0.15, 0.2) is 11.5 Å². The summed E-state index contributed by atoms with van der Waals surface area (Å²) in [4.78, 5) is 31.1. The van der Waals surface area contributed by atoms with Gasteiger partial charge in [-0.3, -0.25) is 9.78 Å². The van der Waals surface area contributed by atoms with Crippen LogP contribution in [0.4, 0.5) is 5.69 Å². The van der Waals surface area contributed by atoms with E-state index in [1.54, 1.807) is 41.4 Å². The number of carboxylic acids is 1. The normalized spacial score (nSPS) is 19.2. The Morgan fingerprint density at radius 2 is 2.00 bits per heavy atom. The van der Waals surface area contributed by atoms with E-state index in [9.17, 15) is 14.7 Å². The van der Waals surface area contributed by atoms with Crippen LogP contribution < -0.4 is 14.4 Å². The lowest BCUT2D eigenvalue weighted by atomic mass is 9.86. The van der Waals surface area contributed by atoms with Gasteiger partial charge < -0.3 is 19.5 Å². The molecule has 0 radical (unpaired) electrons. The van der Waals surface area contributed by atoms with Crippen LogP contribution >= 0.6 is 0 Å². The first kappa shape index (κ1) is 17.7. The molecule has 0 saturated carbocycles. The van der Waals surface area contributed by atoms with E-state index in [4.69, 9.17) is 9.47 Å². The van der Waals surface area contributed by atoms with Gasteiger partial charge in [0.25, 0.3) is 0 Å². The smallest absolute Gasteiger partial charge is 0.337 e. The number of methoxy groups -OCH3 is 2. The number of ether oxygens (including phenoxy) is 2. The van der Waals surface area contributed by atoms with Crippen molar-refractivity contribution in [2.24, 2.45) is 0 Å². The molecule has 1 N–H and O–H groups in total. The molecule has 2 aromatic rings. The predicted molar refractivity (Wildman–Crippen MR) is 95.1 cm³/mol. The highest BCUT2D eigenvalue weighted by Crippen LogP contribution is 2.44. The molecule has 1 aliphatic heterocycles. The van der Waals surface area contributed by atoms with Gasteiger partial charge in [-0.2, -0.15) is 0 Å². The highest BCUT2D eigenvalue weighted by Gasteiger charge is 2.55. The maximum absolute atomic E-state index is 13.2. The number of anilines is 1. The van der Waals surface area contributed by atoms with Crippen LogP contribution in [0.2, 0.25) is 0 Å². The van der Waals surface area contributed by atoms with E-state index < -0.39 is 17.3 Å². The van der Waals surface area contributed by atoms with Crippen molar-refractivity contribution in [3.63, 3.8) is 0 Å². The highest BCUT2D eigenvalue weighted by molar-refractivity contribution is 6.19. The largest absolute Gasteiger partial charge is 0.493 e. The lowest BCUT2D eigenvalue weighted by molar-refractivity contribution is -0.141. The van der Waals surface area contributed by atoms with Crippen LogP contribution in [0.3, 0.4) is 0 Å². The van der Waals surface area contributed by atoms with E-state index >= 15 is 0 Å². The SMILES string of the molecule is COc1cccc(N2CCCC2(C(=O)O)C(=O)c2cccnc2)c1OC. The standard InChI is InChI=1S/C19H20N2O5/c1-25-15-8-3-7-14(16(15)26-2)21-11-5-9-19(21,18(23)24)17(22)13-6-4-10-20-12-13/h3-4,6-8,10,12H,5,9,11H2,1-2H3,(H,23,24). The zero-order chi connectivity index (χ0) is 18.7. The summed E-state index contributed by atoms with van der Waals surface area (Å²) in [6.45, 7) is 0.418. The molecule has 3 rings (SSSR count). The Morgan fingerprint density at radius 1 is 1.19 bits per heavy atom. The summed E-state index contributed by atoms with van der Waals surface area (Å²) in [5.41, 5.74) is -0.921. The summed E-state index contributed by atoms with van der Waals surface area (Å²) in [5, 5.41) is 10.1. The van der Waals surface area contributed by atoms with Crippen molar-refractivity contribution >= 4 is 17.4 Å². The van der Waals surface area contributed by atoms with Crippen LogP contribution in [-0.4, -0.2) is 48.1 Å². The number of aromatic nitrogens is 1. The van der Waals surface area contributed by atoms with Gasteiger partial charge in [0.1, 0.15) is 0 Å². The number of Topliss-reactive ketones (excluding diaryl/α,β-unsaturated/α-hetero) is 1. The van der Waals surface area contributed by atoms with E-state index in [0.29, 0.717) is 30.2 Å². The first-order valence-corrected chi connectivity index (χ1v) is 8.23. The molecular weight excluding hydrogens is 336 g/mol. The molecule has 136 valence electrons. The van der Waals surface area contributed by atoms with E-state index in [2.05, 4.69) is 4.98 Å². The summed E-state index contributed by atoms with van der Waals surface area (Å²) in [7, 11) is 3.00. The molecule has 1 aliphatic rings. The van der Waals surface area contributed by atoms with Crippen LogP contribution in [0.1, 0.15) is 23.2 Å². The minimum absolute atomic E-state index is 0.205. The van der Waals surface area contributed by atoms with Crippen molar-refractivity contribution in [3.8, 4) is 11.5 Å². The Labute approximate surface area is 151 Å². The topological polar surface area (TPSA) is 89.0 Å². The third-order valence-electron chi connectivity index (χ3n) is 4.71. The molecule has 2 heterocycles. The van der Waals surface area contributed by atoms with Gasteiger partial charge in [0, 0.05) is 24.5 Å². The van der Waals surface area contributed by atoms with Crippen LogP contribution in [0.15, 0.2) is 42.7 Å². The Balaban J connectivity index is 2.15. The van der Waals surface area contributed by atoms with Crippen LogP contribution in [0.25, 0.3) is 0 Å². The molecule has 26 heavy (non-hydrogen) atoms. The van der Waals surface area contributed by atoms with Gasteiger partial charge in [0.05, 0.1) is 19.9 Å². The molecule has 1 fully saturated rings. The van der Waals surface area contributed by atoms with E-state index in [1.807, 2.05) is 0 Å². The number of carbonyl (C=O) groups is 2. The van der Waals surface area contributed by atoms with Crippen molar-refractivity contribution in [3.05, 3.63) is 48.3 Å². The summed E-state index contributed by atoms with van der Waals surface area (Å²) < 4.78 is 10.8. The summed E-state index contributed by atoms with van der Waals surface area (Å²) in [6, 6.07) is 8.41. The summed E-state index contributed by atoms with van der Waals surface area (Å²) in [6.07, 6.45) is 3.71. The zero-order valence-corrected chi connectivity index (χ0v) is 14.6. The Morgan fingerprint density at radius 3 is 2.62 bits per heavy atom. The van der Waals surface area contributed by atoms with E-state index in [1.165, 1.54) is 20.4 Å². The number of nitrogens with zero attached hydrogens (tertiary/aromatic N) is 2. The molecule has 0 spiro atoms. The zero-order valence-electron chi connectivity index (χ0n) is 14.6. The number of hydrogen-bond acceptors (Lipinski definition) is 6. The first-order chi connectivity index (χ1) is 12.6. The summed E-state index contributed by atoms with van der Waals surface area (Å²) >= 11 is 0. The Bertz CT molecular complexity index is 824. The number of carboxylic acid groups (broad SMARTS) is 1. The van der Waals surface area contributed by atoms with Crippen LogP contribution in [0.5, 0.6) is 11.5 Å². The van der Waals surface area contributed by atoms with Gasteiger partial charge in [-0.05, 0) is 37.1 Å². The molecule has 1 aromatic heterocycles. The third-order valence-corrected chi connectivity index (χ3v) is 4.71. The number of hydrogen-bond donors (Lipinski definition) is 1. The molecule has 1 saturated heterocycles. The first-order valence-electron chi connectivity index (χ1n) is 8.23. The lowest BCUT2D eigenvalue weighted by Crippen LogP contribution is -2.57. The lowest BCUT2D eigenvalue weighted by Gasteiger charge is -2.36. The number of pyridine rings is 1. The monoisotopic (exact) mass is 356 g/mol. The number of benzene rings is 1. The van der Waals surface area contributed by atoms with Gasteiger partial charge in [-0.1, -0.05) is 6.07 Å². The van der Waals surface area contributed by atoms with Crippen LogP contribution in [0, 0.1) is 0 Å². The average Bonchev–Trinajstić information content (AvgIpc) is 3.13. The molecule has 0 aliphatic carbocycles. The minimum Gasteiger partial charge on any atom is -0.493 e. The summed E-state index contributed by atoms with van der Waals surface area (Å²) in [5.74, 6) is -0.791. The fraction of sp³-hybridized carbons (Fsp3) is 0.316. The second kappa shape index (κ2) is 7.03. The van der Waals surface area contributed by atoms with E-state index in [-0.39, 0.29) is 12.0 Å². The number of carbonyl (C=O) groups excluding carboxylic acids is 1. The molecule has 1 aromatic carbocycles. The fourth-order valence-corrected chi connectivity index (χ4v) is 3.52. The molecule has 1 atom stereocenters. The highest BCUT2D eigenvalue weighted by atomic mass is 16.5. The Kier molecular flexibility index (Phi) is 4.79. The van der Waals surface area contributed by atoms with Gasteiger partial charge in [-0.25, -0.2) is 4.79 Å².